The average molecular weight is 504 g/mol. The summed E-state index contributed by atoms with van der Waals surface area (Å²) in [4.78, 5) is 9.85. The van der Waals surface area contributed by atoms with E-state index in [4.69, 9.17) is 0 Å². The number of nitrogens with one attached hydrogen (secondary N) is 1. The van der Waals surface area contributed by atoms with Crippen molar-refractivity contribution >= 4 is 49.2 Å². The Morgan fingerprint density at radius 1 is 1.10 bits per heavy atom. The van der Waals surface area contributed by atoms with Gasteiger partial charge in [-0.15, -0.1) is 0 Å². The molecule has 1 N–H and O–H groups in total. The molecule has 7 nitrogen and oxygen atoms in total. The number of benzene rings is 2. The van der Waals surface area contributed by atoms with Gasteiger partial charge in [0.1, 0.15) is 11.4 Å². The molecule has 30 heavy (non-hydrogen) atoms. The average Bonchev–Trinajstić information content (AvgIpc) is 3.18. The van der Waals surface area contributed by atoms with Crippen LogP contribution in [-0.4, -0.2) is 28.0 Å². The second kappa shape index (κ2) is 8.37. The Bertz CT molecular complexity index is 1300. The predicted octanol–water partition coefficient (Wildman–Crippen LogP) is 4.71. The van der Waals surface area contributed by atoms with Crippen LogP contribution in [0.1, 0.15) is 18.2 Å². The van der Waals surface area contributed by atoms with Crippen LogP contribution in [0.25, 0.3) is 5.78 Å². The molecule has 4 aromatic rings. The minimum Gasteiger partial charge on any atom is -0.280 e. The van der Waals surface area contributed by atoms with Gasteiger partial charge in [-0.05, 0) is 61.9 Å². The van der Waals surface area contributed by atoms with E-state index in [1.165, 1.54) is 6.33 Å². The third-order valence-corrected chi connectivity index (χ3v) is 7.53. The summed E-state index contributed by atoms with van der Waals surface area (Å²) in [7, 11) is -3.65. The fourth-order valence-electron chi connectivity index (χ4n) is 3.00. The lowest BCUT2D eigenvalue weighted by Crippen LogP contribution is -2.12. The largest absolute Gasteiger partial charge is 0.280 e. The molecule has 154 valence electrons. The summed E-state index contributed by atoms with van der Waals surface area (Å²) in [6.45, 7) is 4.05. The Labute approximate surface area is 187 Å². The third kappa shape index (κ3) is 4.21. The molecule has 10 heteroatoms. The SMILES string of the molecule is CCc1c(C)nc2ncnn2c1Sc1ccc(NS(=O)(=O)c2ccc(Br)cc2)cc1. The number of rotatable bonds is 6. The van der Waals surface area contributed by atoms with Crippen LogP contribution in [0.3, 0.4) is 0 Å². The Hall–Kier alpha value is -2.43. The number of nitrogens with zero attached hydrogens (tertiary/aromatic N) is 4. The second-order valence-corrected chi connectivity index (χ2v) is 10.2. The van der Waals surface area contributed by atoms with E-state index >= 15 is 0 Å². The first kappa shape index (κ1) is 20.8. The summed E-state index contributed by atoms with van der Waals surface area (Å²) in [5.74, 6) is 0.561. The molecule has 0 amide bonds. The summed E-state index contributed by atoms with van der Waals surface area (Å²) < 4.78 is 30.3. The van der Waals surface area contributed by atoms with E-state index in [0.29, 0.717) is 11.5 Å². The van der Waals surface area contributed by atoms with Crippen LogP contribution < -0.4 is 4.72 Å². The molecule has 0 bridgehead atoms. The zero-order chi connectivity index (χ0) is 21.3. The minimum atomic E-state index is -3.65. The maximum atomic E-state index is 12.6. The van der Waals surface area contributed by atoms with Crippen molar-refractivity contribution in [3.8, 4) is 0 Å². The molecule has 2 heterocycles. The number of halogens is 1. The van der Waals surface area contributed by atoms with Gasteiger partial charge < -0.3 is 0 Å². The van der Waals surface area contributed by atoms with E-state index in [1.807, 2.05) is 19.1 Å². The van der Waals surface area contributed by atoms with Gasteiger partial charge in [0.05, 0.1) is 4.90 Å². The Morgan fingerprint density at radius 3 is 2.47 bits per heavy atom. The number of aromatic nitrogens is 4. The molecule has 2 aromatic carbocycles. The first-order valence-electron chi connectivity index (χ1n) is 9.13. The molecule has 0 fully saturated rings. The fraction of sp³-hybridized carbons (Fsp3) is 0.150. The van der Waals surface area contributed by atoms with Gasteiger partial charge in [0.25, 0.3) is 15.8 Å². The standard InChI is InChI=1S/C20H18BrN5O2S2/c1-3-18-13(2)24-20-22-12-23-26(20)19(18)29-16-8-6-15(7-9-16)25-30(27,28)17-10-4-14(21)5-11-17/h4-12,25H,3H2,1-2H3. The van der Waals surface area contributed by atoms with Crippen LogP contribution in [0.5, 0.6) is 0 Å². The monoisotopic (exact) mass is 503 g/mol. The number of sulfonamides is 1. The van der Waals surface area contributed by atoms with E-state index in [0.717, 1.165) is 32.1 Å². The molecule has 0 radical (unpaired) electrons. The maximum absolute atomic E-state index is 12.6. The van der Waals surface area contributed by atoms with Crippen molar-refractivity contribution in [2.24, 2.45) is 0 Å². The van der Waals surface area contributed by atoms with Gasteiger partial charge in [-0.1, -0.05) is 34.6 Å². The van der Waals surface area contributed by atoms with Crippen molar-refractivity contribution in [2.45, 2.75) is 35.1 Å². The lowest BCUT2D eigenvalue weighted by molar-refractivity contribution is 0.601. The topological polar surface area (TPSA) is 89.2 Å². The Kier molecular flexibility index (Phi) is 5.81. The molecule has 0 saturated carbocycles. The smallest absolute Gasteiger partial charge is 0.261 e. The minimum absolute atomic E-state index is 0.206. The highest BCUT2D eigenvalue weighted by Gasteiger charge is 2.16. The molecule has 0 aliphatic heterocycles. The second-order valence-electron chi connectivity index (χ2n) is 6.49. The maximum Gasteiger partial charge on any atom is 0.261 e. The van der Waals surface area contributed by atoms with E-state index < -0.39 is 10.0 Å². The van der Waals surface area contributed by atoms with Gasteiger partial charge in [-0.2, -0.15) is 14.6 Å². The van der Waals surface area contributed by atoms with Crippen LogP contribution in [0.15, 0.2) is 74.1 Å². The highest BCUT2D eigenvalue weighted by Crippen LogP contribution is 2.32. The third-order valence-electron chi connectivity index (χ3n) is 4.48. The summed E-state index contributed by atoms with van der Waals surface area (Å²) in [6, 6.07) is 13.7. The first-order valence-corrected chi connectivity index (χ1v) is 12.2. The Balaban J connectivity index is 1.58. The first-order chi connectivity index (χ1) is 14.4. The molecule has 0 aliphatic carbocycles. The van der Waals surface area contributed by atoms with Gasteiger partial charge in [0, 0.05) is 26.3 Å². The molecular formula is C20H18BrN5O2S2. The number of hydrogen-bond acceptors (Lipinski definition) is 6. The molecule has 0 spiro atoms. The molecule has 0 aliphatic rings. The summed E-state index contributed by atoms with van der Waals surface area (Å²) in [5, 5.41) is 5.26. The molecule has 0 atom stereocenters. The van der Waals surface area contributed by atoms with Gasteiger partial charge in [-0.25, -0.2) is 13.4 Å². The molecule has 2 aromatic heterocycles. The quantitative estimate of drug-likeness (QED) is 0.383. The Morgan fingerprint density at radius 2 is 1.80 bits per heavy atom. The van der Waals surface area contributed by atoms with Crippen LogP contribution in [0.2, 0.25) is 0 Å². The molecule has 0 unspecified atom stereocenters. The molecule has 4 rings (SSSR count). The van der Waals surface area contributed by atoms with Crippen LogP contribution in [-0.2, 0) is 16.4 Å². The van der Waals surface area contributed by atoms with Crippen LogP contribution in [0.4, 0.5) is 5.69 Å². The van der Waals surface area contributed by atoms with Crippen molar-refractivity contribution in [1.29, 1.82) is 0 Å². The highest BCUT2D eigenvalue weighted by atomic mass is 79.9. The van der Waals surface area contributed by atoms with Crippen molar-refractivity contribution in [1.82, 2.24) is 19.6 Å². The number of fused-ring (bicyclic) bond motifs is 1. The summed E-state index contributed by atoms with van der Waals surface area (Å²) in [6.07, 6.45) is 2.31. The normalized spacial score (nSPS) is 11.7. The van der Waals surface area contributed by atoms with Crippen molar-refractivity contribution in [3.63, 3.8) is 0 Å². The van der Waals surface area contributed by atoms with Gasteiger partial charge in [0.15, 0.2) is 0 Å². The summed E-state index contributed by atoms with van der Waals surface area (Å²) in [5.41, 5.74) is 2.53. The van der Waals surface area contributed by atoms with Crippen molar-refractivity contribution in [3.05, 3.63) is 70.6 Å². The van der Waals surface area contributed by atoms with E-state index in [-0.39, 0.29) is 4.90 Å². The van der Waals surface area contributed by atoms with Gasteiger partial charge in [-0.3, -0.25) is 4.72 Å². The zero-order valence-electron chi connectivity index (χ0n) is 16.2. The van der Waals surface area contributed by atoms with Crippen LogP contribution in [0, 0.1) is 6.92 Å². The lowest BCUT2D eigenvalue weighted by Gasteiger charge is -2.12. The van der Waals surface area contributed by atoms with E-state index in [9.17, 15) is 8.42 Å². The van der Waals surface area contributed by atoms with Crippen molar-refractivity contribution < 1.29 is 8.42 Å². The predicted molar refractivity (Wildman–Crippen MR) is 120 cm³/mol. The summed E-state index contributed by atoms with van der Waals surface area (Å²) >= 11 is 4.86. The van der Waals surface area contributed by atoms with E-state index in [1.54, 1.807) is 52.7 Å². The zero-order valence-corrected chi connectivity index (χ0v) is 19.4. The number of anilines is 1. The van der Waals surface area contributed by atoms with Crippen LogP contribution >= 0.6 is 27.7 Å². The molecular weight excluding hydrogens is 486 g/mol. The van der Waals surface area contributed by atoms with Gasteiger partial charge in [0.2, 0.25) is 0 Å². The molecule has 0 saturated heterocycles. The van der Waals surface area contributed by atoms with E-state index in [2.05, 4.69) is 42.6 Å². The highest BCUT2D eigenvalue weighted by molar-refractivity contribution is 9.10. The lowest BCUT2D eigenvalue weighted by atomic mass is 10.2. The van der Waals surface area contributed by atoms with Gasteiger partial charge >= 0.3 is 0 Å². The number of hydrogen-bond donors (Lipinski definition) is 1. The van der Waals surface area contributed by atoms with Crippen molar-refractivity contribution in [2.75, 3.05) is 4.72 Å². The fourth-order valence-corrected chi connectivity index (χ4v) is 5.45. The number of aryl methyl sites for hydroxylation is 1.